The van der Waals surface area contributed by atoms with Crippen LogP contribution in [0.25, 0.3) is 0 Å². The van der Waals surface area contributed by atoms with E-state index >= 15 is 0 Å². The number of hydrogen-bond acceptors (Lipinski definition) is 4. The van der Waals surface area contributed by atoms with Crippen LogP contribution < -0.4 is 15.8 Å². The highest BCUT2D eigenvalue weighted by molar-refractivity contribution is 7.84. The van der Waals surface area contributed by atoms with Crippen LogP contribution >= 0.6 is 0 Å². The van der Waals surface area contributed by atoms with Crippen molar-refractivity contribution in [3.8, 4) is 5.75 Å². The van der Waals surface area contributed by atoms with Crippen molar-refractivity contribution in [1.29, 1.82) is 0 Å². The average molecular weight is 346 g/mol. The van der Waals surface area contributed by atoms with E-state index in [0.717, 1.165) is 0 Å². The van der Waals surface area contributed by atoms with Crippen molar-refractivity contribution < 1.29 is 18.5 Å². The maximum absolute atomic E-state index is 12.1. The molecular formula is C17H18N2O4S. The average Bonchev–Trinajstić information content (AvgIpc) is 2.55. The molecule has 0 saturated heterocycles. The van der Waals surface area contributed by atoms with Crippen LogP contribution in [0, 0.1) is 0 Å². The quantitative estimate of drug-likeness (QED) is 0.797. The van der Waals surface area contributed by atoms with E-state index in [-0.39, 0.29) is 17.4 Å². The number of hydrogen-bond donors (Lipinski definition) is 2. The van der Waals surface area contributed by atoms with Gasteiger partial charge in [0.2, 0.25) is 11.8 Å². The second-order valence-electron chi connectivity index (χ2n) is 5.07. The van der Waals surface area contributed by atoms with Crippen molar-refractivity contribution in [3.05, 3.63) is 59.7 Å². The molecule has 0 unspecified atom stereocenters. The van der Waals surface area contributed by atoms with E-state index < -0.39 is 16.7 Å². The van der Waals surface area contributed by atoms with E-state index in [1.165, 1.54) is 0 Å². The van der Waals surface area contributed by atoms with Crippen LogP contribution in [0.1, 0.15) is 15.9 Å². The van der Waals surface area contributed by atoms with Gasteiger partial charge in [0.15, 0.2) is 0 Å². The van der Waals surface area contributed by atoms with Gasteiger partial charge < -0.3 is 15.8 Å². The van der Waals surface area contributed by atoms with Gasteiger partial charge in [0.25, 0.3) is 0 Å². The topological polar surface area (TPSA) is 98.5 Å². The Bertz CT molecular complexity index is 759. The highest BCUT2D eigenvalue weighted by Crippen LogP contribution is 2.15. The molecule has 0 aliphatic carbocycles. The van der Waals surface area contributed by atoms with Crippen LogP contribution in [0.3, 0.4) is 0 Å². The van der Waals surface area contributed by atoms with Gasteiger partial charge in [-0.05, 0) is 42.0 Å². The molecule has 0 saturated carbocycles. The number of nitrogens with one attached hydrogen (secondary N) is 1. The van der Waals surface area contributed by atoms with Crippen molar-refractivity contribution in [2.45, 2.75) is 5.75 Å². The first kappa shape index (κ1) is 17.7. The van der Waals surface area contributed by atoms with E-state index in [0.29, 0.717) is 22.6 Å². The molecule has 0 fully saturated rings. The molecule has 2 aromatic carbocycles. The molecule has 0 heterocycles. The third kappa shape index (κ3) is 5.20. The molecule has 3 N–H and O–H groups in total. The summed E-state index contributed by atoms with van der Waals surface area (Å²) >= 11 is 0. The van der Waals surface area contributed by atoms with E-state index in [2.05, 4.69) is 5.32 Å². The Kier molecular flexibility index (Phi) is 6.08. The minimum Gasteiger partial charge on any atom is -0.497 e. The summed E-state index contributed by atoms with van der Waals surface area (Å²) in [5, 5.41) is 2.68. The van der Waals surface area contributed by atoms with Gasteiger partial charge in [-0.2, -0.15) is 0 Å². The van der Waals surface area contributed by atoms with Crippen LogP contribution in [-0.4, -0.2) is 28.9 Å². The lowest BCUT2D eigenvalue weighted by Crippen LogP contribution is -2.20. The minimum absolute atomic E-state index is 0.132. The lowest BCUT2D eigenvalue weighted by molar-refractivity contribution is -0.113. The molecule has 2 rings (SSSR count). The standard InChI is InChI=1S/C17H18N2O4S/c1-23-15-7-5-14(6-8-15)19-16(20)11-24(22)10-12-3-2-4-13(9-12)17(18)21/h2-9H,10-11H2,1H3,(H2,18,21)(H,19,20)/t24-/m1/s1. The molecule has 0 aliphatic rings. The summed E-state index contributed by atoms with van der Waals surface area (Å²) in [6.45, 7) is 0. The van der Waals surface area contributed by atoms with E-state index in [1.807, 2.05) is 0 Å². The summed E-state index contributed by atoms with van der Waals surface area (Å²) in [7, 11) is 0.168. The Labute approximate surface area is 142 Å². The molecule has 2 amide bonds. The molecule has 0 radical (unpaired) electrons. The lowest BCUT2D eigenvalue weighted by atomic mass is 10.1. The first-order chi connectivity index (χ1) is 11.5. The van der Waals surface area contributed by atoms with Gasteiger partial charge in [0.1, 0.15) is 11.5 Å². The number of benzene rings is 2. The fourth-order valence-corrected chi connectivity index (χ4v) is 3.09. The van der Waals surface area contributed by atoms with E-state index in [1.54, 1.807) is 55.6 Å². The molecule has 0 aromatic heterocycles. The maximum Gasteiger partial charge on any atom is 0.248 e. The highest BCUT2D eigenvalue weighted by Gasteiger charge is 2.10. The first-order valence-corrected chi connectivity index (χ1v) is 8.64. The van der Waals surface area contributed by atoms with Gasteiger partial charge in [-0.1, -0.05) is 12.1 Å². The smallest absolute Gasteiger partial charge is 0.248 e. The molecule has 126 valence electrons. The monoisotopic (exact) mass is 346 g/mol. The van der Waals surface area contributed by atoms with Crippen molar-refractivity contribution >= 4 is 28.3 Å². The lowest BCUT2D eigenvalue weighted by Gasteiger charge is -2.07. The third-order valence-electron chi connectivity index (χ3n) is 3.21. The molecule has 0 aliphatic heterocycles. The third-order valence-corrected chi connectivity index (χ3v) is 4.44. The number of ether oxygens (including phenoxy) is 1. The summed E-state index contributed by atoms with van der Waals surface area (Å²) in [5.41, 5.74) is 6.87. The molecule has 6 nitrogen and oxygen atoms in total. The summed E-state index contributed by atoms with van der Waals surface area (Å²) in [6.07, 6.45) is 0. The molecule has 1 atom stereocenters. The summed E-state index contributed by atoms with van der Waals surface area (Å²) in [5.74, 6) is -0.153. The summed E-state index contributed by atoms with van der Waals surface area (Å²) in [6, 6.07) is 13.4. The zero-order chi connectivity index (χ0) is 17.5. The zero-order valence-corrected chi connectivity index (χ0v) is 14.0. The van der Waals surface area contributed by atoms with E-state index in [4.69, 9.17) is 10.5 Å². The van der Waals surface area contributed by atoms with Gasteiger partial charge in [-0.3, -0.25) is 13.8 Å². The number of primary amides is 1. The van der Waals surface area contributed by atoms with Crippen LogP contribution in [0.2, 0.25) is 0 Å². The van der Waals surface area contributed by atoms with Gasteiger partial charge in [-0.15, -0.1) is 0 Å². The molecule has 0 spiro atoms. The summed E-state index contributed by atoms with van der Waals surface area (Å²) in [4.78, 5) is 23.1. The Morgan fingerprint density at radius 3 is 2.50 bits per heavy atom. The Hall–Kier alpha value is -2.67. The number of nitrogens with two attached hydrogens (primary N) is 1. The molecule has 2 aromatic rings. The van der Waals surface area contributed by atoms with Crippen molar-refractivity contribution in [2.24, 2.45) is 5.73 Å². The fourth-order valence-electron chi connectivity index (χ4n) is 2.07. The normalized spacial score (nSPS) is 11.5. The number of carbonyl (C=O) groups is 2. The number of amides is 2. The van der Waals surface area contributed by atoms with Crippen molar-refractivity contribution in [3.63, 3.8) is 0 Å². The molecule has 24 heavy (non-hydrogen) atoms. The van der Waals surface area contributed by atoms with Crippen molar-refractivity contribution in [1.82, 2.24) is 0 Å². The highest BCUT2D eigenvalue weighted by atomic mass is 32.2. The second kappa shape index (κ2) is 8.26. The number of anilines is 1. The predicted molar refractivity (Wildman–Crippen MR) is 93.3 cm³/mol. The molecule has 0 bridgehead atoms. The van der Waals surface area contributed by atoms with E-state index in [9.17, 15) is 13.8 Å². The predicted octanol–water partition coefficient (Wildman–Crippen LogP) is 1.68. The SMILES string of the molecule is COc1ccc(NC(=O)C[S@](=O)Cc2cccc(C(N)=O)c2)cc1. The second-order valence-corrected chi connectivity index (χ2v) is 6.53. The Morgan fingerprint density at radius 2 is 1.88 bits per heavy atom. The summed E-state index contributed by atoms with van der Waals surface area (Å²) < 4.78 is 17.1. The van der Waals surface area contributed by atoms with Crippen LogP contribution in [0.4, 0.5) is 5.69 Å². The number of methoxy groups -OCH3 is 1. The minimum atomic E-state index is -1.39. The largest absolute Gasteiger partial charge is 0.497 e. The maximum atomic E-state index is 12.1. The van der Waals surface area contributed by atoms with Crippen LogP contribution in [0.5, 0.6) is 5.75 Å². The van der Waals surface area contributed by atoms with Gasteiger partial charge in [0, 0.05) is 27.8 Å². The van der Waals surface area contributed by atoms with Gasteiger partial charge in [-0.25, -0.2) is 0 Å². The van der Waals surface area contributed by atoms with Crippen LogP contribution in [-0.2, 0) is 21.3 Å². The van der Waals surface area contributed by atoms with Gasteiger partial charge in [0.05, 0.1) is 7.11 Å². The Morgan fingerprint density at radius 1 is 1.17 bits per heavy atom. The fraction of sp³-hybridized carbons (Fsp3) is 0.176. The first-order valence-electron chi connectivity index (χ1n) is 7.15. The van der Waals surface area contributed by atoms with Gasteiger partial charge >= 0.3 is 0 Å². The molecular weight excluding hydrogens is 328 g/mol. The van der Waals surface area contributed by atoms with Crippen LogP contribution in [0.15, 0.2) is 48.5 Å². The molecule has 7 heteroatoms. The zero-order valence-electron chi connectivity index (χ0n) is 13.2. The number of rotatable bonds is 7. The van der Waals surface area contributed by atoms with Crippen molar-refractivity contribution in [2.75, 3.05) is 18.2 Å². The number of carbonyl (C=O) groups excluding carboxylic acids is 2. The Balaban J connectivity index is 1.90.